The highest BCUT2D eigenvalue weighted by Crippen LogP contribution is 2.38. The molecule has 0 radical (unpaired) electrons. The van der Waals surface area contributed by atoms with Gasteiger partial charge in [0.25, 0.3) is 0 Å². The number of piperazine rings is 2. The Hall–Kier alpha value is -9.46. The number of nitrogens with zero attached hydrogens (tertiary/aromatic N) is 15. The highest BCUT2D eigenvalue weighted by atomic mass is 19.4. The number of anilines is 6. The van der Waals surface area contributed by atoms with Gasteiger partial charge in [0.15, 0.2) is 11.6 Å². The fourth-order valence-electron chi connectivity index (χ4n) is 11.3. The van der Waals surface area contributed by atoms with Crippen molar-refractivity contribution in [3.8, 4) is 39.8 Å². The molecular weight excluding hydrogens is 1130 g/mol. The number of nitrogens with one attached hydrogen (secondary N) is 1. The molecule has 0 saturated carbocycles. The van der Waals surface area contributed by atoms with E-state index >= 15 is 0 Å². The fourth-order valence-corrected chi connectivity index (χ4v) is 11.3. The zero-order chi connectivity index (χ0) is 61.5. The number of halogens is 4. The number of likely N-dealkylation sites (N-methyl/N-ethyl adjacent to an activating group) is 1. The van der Waals surface area contributed by atoms with Crippen LogP contribution in [0.1, 0.15) is 47.9 Å². The molecule has 13 rings (SSSR count). The average Bonchev–Trinajstić information content (AvgIpc) is 1.82. The number of aromatic nitrogens is 10. The zero-order valence-electron chi connectivity index (χ0n) is 49.2. The second kappa shape index (κ2) is 26.7. The van der Waals surface area contributed by atoms with E-state index in [9.17, 15) is 22.4 Å². The van der Waals surface area contributed by atoms with E-state index < -0.39 is 17.8 Å². The van der Waals surface area contributed by atoms with Gasteiger partial charge in [-0.2, -0.15) is 28.1 Å². The second-order valence-electron chi connectivity index (χ2n) is 22.3. The number of para-hydroxylation sites is 1. The van der Waals surface area contributed by atoms with Crippen molar-refractivity contribution in [3.63, 3.8) is 0 Å². The lowest BCUT2D eigenvalue weighted by Crippen LogP contribution is -2.56. The smallest absolute Gasteiger partial charge is 0.416 e. The van der Waals surface area contributed by atoms with Crippen LogP contribution in [0.2, 0.25) is 0 Å². The van der Waals surface area contributed by atoms with Crippen LogP contribution in [-0.4, -0.2) is 167 Å². The summed E-state index contributed by atoms with van der Waals surface area (Å²) in [7, 11) is 1.99. The number of carbonyl (C=O) groups is 1. The molecule has 458 valence electrons. The Labute approximate surface area is 506 Å². The number of alkyl halides is 3. The molecule has 4 aliphatic rings. The lowest BCUT2D eigenvalue weighted by atomic mass is 9.88. The van der Waals surface area contributed by atoms with Gasteiger partial charge in [-0.3, -0.25) is 9.88 Å². The number of hydrogen-bond donors (Lipinski definition) is 4. The van der Waals surface area contributed by atoms with Crippen molar-refractivity contribution in [2.45, 2.75) is 51.2 Å². The van der Waals surface area contributed by atoms with Gasteiger partial charge >= 0.3 is 12.3 Å². The van der Waals surface area contributed by atoms with Crippen LogP contribution >= 0.6 is 0 Å². The van der Waals surface area contributed by atoms with Gasteiger partial charge in [0.05, 0.1) is 41.9 Å². The quantitative estimate of drug-likeness (QED) is 0.0834. The first-order chi connectivity index (χ1) is 42.5. The van der Waals surface area contributed by atoms with Gasteiger partial charge in [-0.15, -0.1) is 15.3 Å². The third-order valence-corrected chi connectivity index (χ3v) is 16.2. The fraction of sp³-hybridized carbons (Fsp3) is 0.333. The molecule has 0 aliphatic carbocycles. The van der Waals surface area contributed by atoms with E-state index in [4.69, 9.17) is 21.3 Å². The maximum Gasteiger partial charge on any atom is 0.416 e. The molecule has 25 heteroatoms. The number of nitrogen functional groups attached to an aromatic ring is 2. The van der Waals surface area contributed by atoms with Crippen molar-refractivity contribution in [2.24, 2.45) is 0 Å². The van der Waals surface area contributed by atoms with Gasteiger partial charge in [-0.05, 0) is 153 Å². The molecule has 0 spiro atoms. The van der Waals surface area contributed by atoms with Crippen molar-refractivity contribution < 1.29 is 32.2 Å². The van der Waals surface area contributed by atoms with E-state index in [2.05, 4.69) is 105 Å². The number of rotatable bonds is 12. The summed E-state index contributed by atoms with van der Waals surface area (Å²) < 4.78 is 64.5. The van der Waals surface area contributed by atoms with Gasteiger partial charge in [0, 0.05) is 106 Å². The number of amides is 1. The molecule has 4 aliphatic heterocycles. The Kier molecular flexibility index (Phi) is 18.2. The molecule has 0 atom stereocenters. The molecule has 8 heterocycles. The summed E-state index contributed by atoms with van der Waals surface area (Å²) in [5.41, 5.74) is 20.8. The van der Waals surface area contributed by atoms with Crippen LogP contribution in [0.5, 0.6) is 0 Å². The highest BCUT2D eigenvalue weighted by molar-refractivity contribution is 5.70. The summed E-state index contributed by atoms with van der Waals surface area (Å²) in [6.07, 6.45) is 2.12. The number of ether oxygens (including phenoxy) is 1. The van der Waals surface area contributed by atoms with E-state index in [1.807, 2.05) is 42.3 Å². The van der Waals surface area contributed by atoms with Crippen LogP contribution in [0, 0.1) is 12.7 Å². The van der Waals surface area contributed by atoms with Crippen LogP contribution in [-0.2, 0) is 17.3 Å². The van der Waals surface area contributed by atoms with Crippen molar-refractivity contribution in [1.29, 1.82) is 0 Å². The summed E-state index contributed by atoms with van der Waals surface area (Å²) in [5.74, 6) is 1.70. The molecule has 0 unspecified atom stereocenters. The Bertz CT molecular complexity index is 3800. The number of likely N-dealkylation sites (tertiary alicyclic amines) is 1. The van der Waals surface area contributed by atoms with E-state index in [0.717, 1.165) is 106 Å². The second-order valence-corrected chi connectivity index (χ2v) is 22.3. The molecular formula is C63H70F4N18O3. The lowest BCUT2D eigenvalue weighted by molar-refractivity contribution is -0.137. The summed E-state index contributed by atoms with van der Waals surface area (Å²) in [4.78, 5) is 38.7. The largest absolute Gasteiger partial charge is 0.465 e. The Morgan fingerprint density at radius 2 is 1.28 bits per heavy atom. The first-order valence-electron chi connectivity index (χ1n) is 29.3. The Balaban J connectivity index is 0.000000137. The molecule has 5 aromatic carbocycles. The van der Waals surface area contributed by atoms with Crippen molar-refractivity contribution >= 4 is 41.0 Å². The van der Waals surface area contributed by atoms with Crippen molar-refractivity contribution in [3.05, 3.63) is 168 Å². The Morgan fingerprint density at radius 3 is 1.88 bits per heavy atom. The molecule has 21 nitrogen and oxygen atoms in total. The topological polar surface area (TPSA) is 232 Å². The first-order valence-corrected chi connectivity index (χ1v) is 29.3. The normalized spacial score (nSPS) is 16.1. The number of nitrogens with two attached hydrogens (primary N) is 2. The van der Waals surface area contributed by atoms with Crippen LogP contribution in [0.4, 0.5) is 57.3 Å². The molecule has 4 aromatic heterocycles. The molecule has 0 bridgehead atoms. The van der Waals surface area contributed by atoms with Crippen LogP contribution in [0.25, 0.3) is 39.8 Å². The molecule has 9 aromatic rings. The third-order valence-electron chi connectivity index (χ3n) is 16.2. The number of pyridine rings is 1. The minimum atomic E-state index is -4.48. The van der Waals surface area contributed by atoms with Gasteiger partial charge in [0.1, 0.15) is 12.1 Å². The summed E-state index contributed by atoms with van der Waals surface area (Å²) in [5, 5.41) is 25.4. The van der Waals surface area contributed by atoms with Crippen LogP contribution in [0.3, 0.4) is 0 Å². The van der Waals surface area contributed by atoms with E-state index in [1.165, 1.54) is 44.6 Å². The lowest BCUT2D eigenvalue weighted by Gasteiger charge is -2.43. The minimum Gasteiger partial charge on any atom is -0.465 e. The first kappa shape index (κ1) is 60.2. The van der Waals surface area contributed by atoms with Gasteiger partial charge in [-0.1, -0.05) is 31.2 Å². The van der Waals surface area contributed by atoms with Gasteiger partial charge in [0.2, 0.25) is 17.8 Å². The van der Waals surface area contributed by atoms with E-state index in [1.54, 1.807) is 58.4 Å². The van der Waals surface area contributed by atoms with E-state index in [0.29, 0.717) is 66.8 Å². The maximum absolute atomic E-state index is 13.6. The summed E-state index contributed by atoms with van der Waals surface area (Å²) in [6, 6.07) is 36.9. The standard InChI is InChI=1S/C23H27FN6O.C21H23N5O2.C19H20F3N7/c1-2-16-11-17(22-26-23(25)27-30(22)19-5-3-18(24)4-6-19)13-20(12-16)28-7-9-29(10-8-28)21-14-31-15-21;1-15-11-17(16-7-9-25(10-8-16)21(27)28)13-18(12-15)23-20-22-14-26(24-20)19-5-3-2-4-6-19;1-27-6-8-28(9-7-27)16-11-13(10-14(12-16)19(20,21)22)17-25-18(23)26-29(17)15-2-4-24-5-3-15/h3-6,11-13,21H,2,7-10,14-15H2,1H3,(H2,25,27);2-6,11-14,16H,7-10H2,1H3,(H,23,24)(H,27,28);2-5,10-12H,6-9H2,1H3,(H2,23,26). The number of carboxylic acid groups (broad SMARTS) is 1. The van der Waals surface area contributed by atoms with Gasteiger partial charge < -0.3 is 46.2 Å². The van der Waals surface area contributed by atoms with Crippen molar-refractivity contribution in [1.82, 2.24) is 64.0 Å². The predicted octanol–water partition coefficient (Wildman–Crippen LogP) is 9.60. The van der Waals surface area contributed by atoms with Crippen LogP contribution < -0.4 is 26.6 Å². The molecule has 6 N–H and O–H groups in total. The molecule has 4 saturated heterocycles. The number of aryl methyl sites for hydroxylation is 2. The maximum atomic E-state index is 13.6. The summed E-state index contributed by atoms with van der Waals surface area (Å²) >= 11 is 0. The zero-order valence-corrected chi connectivity index (χ0v) is 49.2. The minimum absolute atomic E-state index is 0.0182. The molecule has 88 heavy (non-hydrogen) atoms. The van der Waals surface area contributed by atoms with Crippen molar-refractivity contribution in [2.75, 3.05) is 112 Å². The highest BCUT2D eigenvalue weighted by Gasteiger charge is 2.34. The number of piperidine rings is 1. The molecule has 1 amide bonds. The Morgan fingerprint density at radius 1 is 0.682 bits per heavy atom. The number of hydrogen-bond acceptors (Lipinski definition) is 16. The van der Waals surface area contributed by atoms with Crippen LogP contribution in [0.15, 0.2) is 140 Å². The predicted molar refractivity (Wildman–Crippen MR) is 330 cm³/mol. The van der Waals surface area contributed by atoms with Gasteiger partial charge in [-0.25, -0.2) is 23.2 Å². The molecule has 4 fully saturated rings. The summed E-state index contributed by atoms with van der Waals surface area (Å²) in [6.45, 7) is 14.0. The third kappa shape index (κ3) is 14.5. The number of benzene rings is 5. The monoisotopic (exact) mass is 1200 g/mol. The average molecular weight is 1200 g/mol. The SMILES string of the molecule is CCc1cc(-c2nc(N)nn2-c2ccc(F)cc2)cc(N2CCN(C3COC3)CC2)c1.CN1CCN(c2cc(-c3nc(N)nn3-c3ccncc3)cc(C(F)(F)F)c2)CC1.Cc1cc(Nc2ncn(-c3ccccc3)n2)cc(C2CCN(C(=O)O)CC2)c1. The van der Waals surface area contributed by atoms with E-state index in [-0.39, 0.29) is 23.5 Å².